The van der Waals surface area contributed by atoms with E-state index >= 15 is 0 Å². The van der Waals surface area contributed by atoms with E-state index in [1.54, 1.807) is 6.20 Å². The Bertz CT molecular complexity index is 1190. The van der Waals surface area contributed by atoms with E-state index in [0.29, 0.717) is 31.3 Å². The van der Waals surface area contributed by atoms with Crippen LogP contribution in [0.2, 0.25) is 0 Å². The number of nitrogens with one attached hydrogen (secondary N) is 1. The first-order valence-electron chi connectivity index (χ1n) is 9.83. The number of ether oxygens (including phenoxy) is 1. The first-order valence-corrected chi connectivity index (χ1v) is 9.83. The van der Waals surface area contributed by atoms with E-state index in [1.807, 2.05) is 24.4 Å². The Hall–Kier alpha value is -3.16. The highest BCUT2D eigenvalue weighted by Crippen LogP contribution is 2.28. The number of aromatic amines is 1. The van der Waals surface area contributed by atoms with Gasteiger partial charge in [-0.05, 0) is 29.8 Å². The van der Waals surface area contributed by atoms with Gasteiger partial charge in [0.15, 0.2) is 0 Å². The highest BCUT2D eigenvalue weighted by molar-refractivity contribution is 5.78. The number of imidazole rings is 1. The molecule has 5 nitrogen and oxygen atoms in total. The summed E-state index contributed by atoms with van der Waals surface area (Å²) in [4.78, 5) is 14.5. The van der Waals surface area contributed by atoms with Crippen molar-refractivity contribution < 1.29 is 13.5 Å². The lowest BCUT2D eigenvalue weighted by molar-refractivity contribution is -0.0156. The summed E-state index contributed by atoms with van der Waals surface area (Å²) in [6, 6.07) is 13.6. The van der Waals surface area contributed by atoms with Crippen LogP contribution in [0.1, 0.15) is 17.4 Å². The fourth-order valence-electron chi connectivity index (χ4n) is 3.87. The smallest absolute Gasteiger partial charge is 0.135 e. The van der Waals surface area contributed by atoms with Gasteiger partial charge in [-0.25, -0.2) is 13.8 Å². The van der Waals surface area contributed by atoms with Gasteiger partial charge in [0.1, 0.15) is 17.5 Å². The van der Waals surface area contributed by atoms with Gasteiger partial charge in [-0.2, -0.15) is 0 Å². The van der Waals surface area contributed by atoms with Gasteiger partial charge in [0, 0.05) is 36.3 Å². The molecule has 1 saturated heterocycles. The maximum atomic E-state index is 14.1. The molecule has 1 aliphatic heterocycles. The molecule has 2 aromatic heterocycles. The quantitative estimate of drug-likeness (QED) is 0.543. The summed E-state index contributed by atoms with van der Waals surface area (Å²) >= 11 is 0. The third-order valence-corrected chi connectivity index (χ3v) is 5.40. The molecule has 0 aliphatic carbocycles. The molecule has 1 aliphatic rings. The van der Waals surface area contributed by atoms with Crippen molar-refractivity contribution >= 4 is 10.9 Å². The van der Waals surface area contributed by atoms with Crippen LogP contribution < -0.4 is 0 Å². The van der Waals surface area contributed by atoms with Crippen molar-refractivity contribution in [3.63, 3.8) is 0 Å². The number of rotatable bonds is 4. The topological polar surface area (TPSA) is 54.0 Å². The van der Waals surface area contributed by atoms with Crippen LogP contribution >= 0.6 is 0 Å². The molecule has 0 radical (unpaired) electrons. The van der Waals surface area contributed by atoms with E-state index in [1.165, 1.54) is 12.1 Å². The first kappa shape index (κ1) is 18.8. The second kappa shape index (κ2) is 7.93. The number of morpholine rings is 1. The lowest BCUT2D eigenvalue weighted by Crippen LogP contribution is -2.39. The number of pyridine rings is 1. The SMILES string of the molecule is Fc1ccc(-c2cnc(C3COCCN3Cc3cnc4ccccc4c3)[nH]2)c(F)c1. The van der Waals surface area contributed by atoms with E-state index in [0.717, 1.165) is 29.1 Å². The number of H-pyrrole nitrogens is 1. The minimum Gasteiger partial charge on any atom is -0.378 e. The number of para-hydroxylation sites is 1. The number of hydrogen-bond donors (Lipinski definition) is 1. The zero-order valence-electron chi connectivity index (χ0n) is 16.2. The molecule has 1 N–H and O–H groups in total. The van der Waals surface area contributed by atoms with Crippen LogP contribution in [0.3, 0.4) is 0 Å². The van der Waals surface area contributed by atoms with Crippen LogP contribution in [0.5, 0.6) is 0 Å². The molecule has 4 aromatic rings. The number of fused-ring (bicyclic) bond motifs is 1. The number of halogens is 2. The minimum absolute atomic E-state index is 0.0949. The normalized spacial score (nSPS) is 17.5. The summed E-state index contributed by atoms with van der Waals surface area (Å²) in [6.45, 7) is 2.57. The highest BCUT2D eigenvalue weighted by Gasteiger charge is 2.27. The molecule has 152 valence electrons. The van der Waals surface area contributed by atoms with Gasteiger partial charge in [-0.15, -0.1) is 0 Å². The zero-order chi connectivity index (χ0) is 20.5. The molecule has 0 amide bonds. The van der Waals surface area contributed by atoms with Crippen molar-refractivity contribution in [2.24, 2.45) is 0 Å². The zero-order valence-corrected chi connectivity index (χ0v) is 16.2. The van der Waals surface area contributed by atoms with Gasteiger partial charge in [0.05, 0.1) is 36.7 Å². The standard InChI is InChI=1S/C23H20F2N4O/c24-17-5-6-18(19(25)10-17)21-12-27-23(28-21)22-14-30-8-7-29(22)13-15-9-16-3-1-2-4-20(16)26-11-15/h1-6,9-12,22H,7-8,13-14H2,(H,27,28). The Morgan fingerprint density at radius 1 is 1.07 bits per heavy atom. The average Bonchev–Trinajstić information content (AvgIpc) is 3.24. The van der Waals surface area contributed by atoms with Gasteiger partial charge in [-0.3, -0.25) is 9.88 Å². The molecule has 1 atom stereocenters. The minimum atomic E-state index is -0.621. The van der Waals surface area contributed by atoms with Crippen molar-refractivity contribution in [3.05, 3.63) is 83.9 Å². The molecule has 0 spiro atoms. The summed E-state index contributed by atoms with van der Waals surface area (Å²) in [5.41, 5.74) is 2.88. The predicted molar refractivity (Wildman–Crippen MR) is 110 cm³/mol. The molecule has 0 bridgehead atoms. The monoisotopic (exact) mass is 406 g/mol. The van der Waals surface area contributed by atoms with E-state index < -0.39 is 11.6 Å². The van der Waals surface area contributed by atoms with Crippen LogP contribution in [0, 0.1) is 11.6 Å². The predicted octanol–water partition coefficient (Wildman–Crippen LogP) is 4.48. The molecule has 0 saturated carbocycles. The fourth-order valence-corrected chi connectivity index (χ4v) is 3.87. The van der Waals surface area contributed by atoms with Crippen molar-refractivity contribution in [3.8, 4) is 11.3 Å². The van der Waals surface area contributed by atoms with Gasteiger partial charge in [0.25, 0.3) is 0 Å². The Kier molecular flexibility index (Phi) is 4.98. The molecular weight excluding hydrogens is 386 g/mol. The van der Waals surface area contributed by atoms with Crippen molar-refractivity contribution in [2.75, 3.05) is 19.8 Å². The highest BCUT2D eigenvalue weighted by atomic mass is 19.1. The third kappa shape index (κ3) is 3.69. The molecule has 3 heterocycles. The molecule has 2 aromatic carbocycles. The van der Waals surface area contributed by atoms with E-state index in [2.05, 4.69) is 32.0 Å². The lowest BCUT2D eigenvalue weighted by Gasteiger charge is -2.34. The Labute approximate surface area is 172 Å². The maximum Gasteiger partial charge on any atom is 0.135 e. The fraction of sp³-hybridized carbons (Fsp3) is 0.217. The van der Waals surface area contributed by atoms with Crippen LogP contribution in [0.25, 0.3) is 22.2 Å². The molecule has 1 fully saturated rings. The van der Waals surface area contributed by atoms with Crippen molar-refractivity contribution in [2.45, 2.75) is 12.6 Å². The maximum absolute atomic E-state index is 14.1. The average molecular weight is 406 g/mol. The summed E-state index contributed by atoms with van der Waals surface area (Å²) in [5.74, 6) is -0.529. The van der Waals surface area contributed by atoms with E-state index in [-0.39, 0.29) is 11.6 Å². The number of benzene rings is 2. The molecule has 7 heteroatoms. The largest absolute Gasteiger partial charge is 0.378 e. The second-order valence-electron chi connectivity index (χ2n) is 7.40. The van der Waals surface area contributed by atoms with E-state index in [9.17, 15) is 8.78 Å². The molecule has 5 rings (SSSR count). The Balaban J connectivity index is 1.40. The summed E-state index contributed by atoms with van der Waals surface area (Å²) < 4.78 is 33.1. The van der Waals surface area contributed by atoms with Crippen LogP contribution in [-0.2, 0) is 11.3 Å². The van der Waals surface area contributed by atoms with Crippen LogP contribution in [-0.4, -0.2) is 39.6 Å². The van der Waals surface area contributed by atoms with Gasteiger partial charge in [0.2, 0.25) is 0 Å². The summed E-state index contributed by atoms with van der Waals surface area (Å²) in [7, 11) is 0. The Morgan fingerprint density at radius 3 is 2.87 bits per heavy atom. The van der Waals surface area contributed by atoms with Crippen LogP contribution in [0.4, 0.5) is 8.78 Å². The number of nitrogens with zero attached hydrogens (tertiary/aromatic N) is 3. The lowest BCUT2D eigenvalue weighted by atomic mass is 10.1. The Morgan fingerprint density at radius 2 is 1.97 bits per heavy atom. The van der Waals surface area contributed by atoms with Gasteiger partial charge >= 0.3 is 0 Å². The summed E-state index contributed by atoms with van der Waals surface area (Å²) in [5, 5.41) is 1.10. The van der Waals surface area contributed by atoms with Gasteiger partial charge < -0.3 is 9.72 Å². The summed E-state index contributed by atoms with van der Waals surface area (Å²) in [6.07, 6.45) is 3.48. The van der Waals surface area contributed by atoms with Crippen molar-refractivity contribution in [1.29, 1.82) is 0 Å². The van der Waals surface area contributed by atoms with Crippen LogP contribution in [0.15, 0.2) is 60.9 Å². The van der Waals surface area contributed by atoms with Gasteiger partial charge in [-0.1, -0.05) is 18.2 Å². The molecule has 30 heavy (non-hydrogen) atoms. The van der Waals surface area contributed by atoms with E-state index in [4.69, 9.17) is 4.74 Å². The second-order valence-corrected chi connectivity index (χ2v) is 7.40. The molecular formula is C23H20F2N4O. The third-order valence-electron chi connectivity index (χ3n) is 5.40. The number of aromatic nitrogens is 3. The number of hydrogen-bond acceptors (Lipinski definition) is 4. The molecule has 1 unspecified atom stereocenters. The first-order chi connectivity index (χ1) is 14.7. The van der Waals surface area contributed by atoms with Crippen molar-refractivity contribution in [1.82, 2.24) is 19.9 Å².